The number of rotatable bonds is 5. The summed E-state index contributed by atoms with van der Waals surface area (Å²) < 4.78 is 0. The van der Waals surface area contributed by atoms with E-state index >= 15 is 0 Å². The molecule has 5 heteroatoms. The summed E-state index contributed by atoms with van der Waals surface area (Å²) in [6, 6.07) is 0. The van der Waals surface area contributed by atoms with E-state index in [9.17, 15) is 4.79 Å². The first-order chi connectivity index (χ1) is 8.13. The van der Waals surface area contributed by atoms with E-state index in [1.807, 2.05) is 6.92 Å². The Morgan fingerprint density at radius 1 is 1.12 bits per heavy atom. The summed E-state index contributed by atoms with van der Waals surface area (Å²) in [5.74, 6) is 0.713. The van der Waals surface area contributed by atoms with Gasteiger partial charge in [-0.25, -0.2) is 9.97 Å². The fraction of sp³-hybridized carbons (Fsp3) is 0.583. The van der Waals surface area contributed by atoms with Gasteiger partial charge in [0.15, 0.2) is 0 Å². The monoisotopic (exact) mass is 236 g/mol. The average Bonchev–Trinajstić information content (AvgIpc) is 2.33. The Morgan fingerprint density at radius 3 is 2.00 bits per heavy atom. The van der Waals surface area contributed by atoms with Crippen LogP contribution in [0.4, 0.5) is 11.6 Å². The van der Waals surface area contributed by atoms with Gasteiger partial charge in [-0.2, -0.15) is 0 Å². The van der Waals surface area contributed by atoms with E-state index in [4.69, 9.17) is 0 Å². The number of hydrogen-bond acceptors (Lipinski definition) is 4. The molecule has 0 radical (unpaired) electrons. The van der Waals surface area contributed by atoms with Crippen LogP contribution in [0.3, 0.4) is 0 Å². The van der Waals surface area contributed by atoms with E-state index in [2.05, 4.69) is 28.7 Å². The molecule has 1 aromatic rings. The maximum atomic E-state index is 11.4. The zero-order valence-corrected chi connectivity index (χ0v) is 11.0. The molecule has 0 saturated heterocycles. The molecule has 0 bridgehead atoms. The van der Waals surface area contributed by atoms with Gasteiger partial charge < -0.3 is 9.80 Å². The van der Waals surface area contributed by atoms with Crippen molar-refractivity contribution in [2.75, 3.05) is 29.4 Å². The van der Waals surface area contributed by atoms with Crippen molar-refractivity contribution in [1.82, 2.24) is 9.97 Å². The van der Waals surface area contributed by atoms with Crippen molar-refractivity contribution < 1.29 is 4.79 Å². The molecular formula is C12H20N4O. The molecule has 94 valence electrons. The maximum absolute atomic E-state index is 11.4. The van der Waals surface area contributed by atoms with E-state index < -0.39 is 0 Å². The molecule has 5 nitrogen and oxygen atoms in total. The number of anilines is 2. The molecule has 0 unspecified atom stereocenters. The fourth-order valence-electron chi connectivity index (χ4n) is 1.71. The van der Waals surface area contributed by atoms with Crippen LogP contribution < -0.4 is 9.80 Å². The maximum Gasteiger partial charge on any atom is 0.225 e. The minimum Gasteiger partial charge on any atom is -0.341 e. The van der Waals surface area contributed by atoms with E-state index in [1.165, 1.54) is 0 Å². The standard InChI is InChI=1S/C12H20N4O/c1-5-15(6-2)12-13-8-11(9-14-12)16(7-3)10(4)17/h8-9H,5-7H2,1-4H3. The first kappa shape index (κ1) is 13.4. The number of hydrogen-bond donors (Lipinski definition) is 0. The van der Waals surface area contributed by atoms with Gasteiger partial charge in [0.2, 0.25) is 11.9 Å². The predicted molar refractivity (Wildman–Crippen MR) is 69.3 cm³/mol. The normalized spacial score (nSPS) is 10.1. The van der Waals surface area contributed by atoms with Crippen molar-refractivity contribution in [2.45, 2.75) is 27.7 Å². The van der Waals surface area contributed by atoms with Crippen molar-refractivity contribution in [1.29, 1.82) is 0 Å². The molecule has 0 aliphatic rings. The lowest BCUT2D eigenvalue weighted by Gasteiger charge is -2.21. The Labute approximate surface area is 102 Å². The summed E-state index contributed by atoms with van der Waals surface area (Å²) in [6.07, 6.45) is 3.40. The third-order valence-corrected chi connectivity index (χ3v) is 2.68. The second-order valence-corrected chi connectivity index (χ2v) is 3.68. The summed E-state index contributed by atoms with van der Waals surface area (Å²) in [6.45, 7) is 9.98. The van der Waals surface area contributed by atoms with Gasteiger partial charge >= 0.3 is 0 Å². The Balaban J connectivity index is 2.90. The summed E-state index contributed by atoms with van der Waals surface area (Å²) in [4.78, 5) is 23.7. The molecule has 0 N–H and O–H groups in total. The number of carbonyl (C=O) groups excluding carboxylic acids is 1. The average molecular weight is 236 g/mol. The van der Waals surface area contributed by atoms with Crippen LogP contribution in [0.2, 0.25) is 0 Å². The van der Waals surface area contributed by atoms with Crippen molar-refractivity contribution >= 4 is 17.5 Å². The van der Waals surface area contributed by atoms with Gasteiger partial charge in [-0.3, -0.25) is 4.79 Å². The molecule has 0 aliphatic heterocycles. The molecule has 1 aromatic heterocycles. The molecule has 1 heterocycles. The SMILES string of the molecule is CCN(CC)c1ncc(N(CC)C(C)=O)cn1. The molecule has 0 atom stereocenters. The second kappa shape index (κ2) is 6.18. The second-order valence-electron chi connectivity index (χ2n) is 3.68. The number of amides is 1. The Kier molecular flexibility index (Phi) is 4.87. The van der Waals surface area contributed by atoms with Crippen molar-refractivity contribution in [3.8, 4) is 0 Å². The van der Waals surface area contributed by atoms with Gasteiger partial charge in [0.25, 0.3) is 0 Å². The highest BCUT2D eigenvalue weighted by Crippen LogP contribution is 2.14. The fourth-order valence-corrected chi connectivity index (χ4v) is 1.71. The Bertz CT molecular complexity index is 359. The zero-order chi connectivity index (χ0) is 12.8. The van der Waals surface area contributed by atoms with Crippen LogP contribution in [0, 0.1) is 0 Å². The van der Waals surface area contributed by atoms with Crippen LogP contribution in [0.25, 0.3) is 0 Å². The smallest absolute Gasteiger partial charge is 0.225 e. The quantitative estimate of drug-likeness (QED) is 0.780. The van der Waals surface area contributed by atoms with Gasteiger partial charge in [-0.1, -0.05) is 0 Å². The van der Waals surface area contributed by atoms with Crippen molar-refractivity contribution in [2.24, 2.45) is 0 Å². The lowest BCUT2D eigenvalue weighted by molar-refractivity contribution is -0.116. The van der Waals surface area contributed by atoms with E-state index in [0.29, 0.717) is 12.5 Å². The minimum atomic E-state index is 0.00619. The molecule has 17 heavy (non-hydrogen) atoms. The van der Waals surface area contributed by atoms with E-state index in [-0.39, 0.29) is 5.91 Å². The lowest BCUT2D eigenvalue weighted by atomic mass is 10.4. The molecule has 1 rings (SSSR count). The molecule has 0 aliphatic carbocycles. The van der Waals surface area contributed by atoms with Gasteiger partial charge in [0, 0.05) is 26.6 Å². The molecule has 0 saturated carbocycles. The molecule has 1 amide bonds. The Morgan fingerprint density at radius 2 is 1.65 bits per heavy atom. The van der Waals surface area contributed by atoms with E-state index in [0.717, 1.165) is 18.8 Å². The van der Waals surface area contributed by atoms with Crippen LogP contribution in [-0.2, 0) is 4.79 Å². The highest BCUT2D eigenvalue weighted by atomic mass is 16.2. The first-order valence-electron chi connectivity index (χ1n) is 5.99. The third-order valence-electron chi connectivity index (χ3n) is 2.68. The topological polar surface area (TPSA) is 49.3 Å². The highest BCUT2D eigenvalue weighted by Gasteiger charge is 2.11. The highest BCUT2D eigenvalue weighted by molar-refractivity contribution is 5.91. The van der Waals surface area contributed by atoms with Crippen molar-refractivity contribution in [3.63, 3.8) is 0 Å². The van der Waals surface area contributed by atoms with Gasteiger partial charge in [0.05, 0.1) is 18.1 Å². The van der Waals surface area contributed by atoms with Crippen molar-refractivity contribution in [3.05, 3.63) is 12.4 Å². The molecule has 0 aromatic carbocycles. The molecule has 0 spiro atoms. The van der Waals surface area contributed by atoms with Crippen LogP contribution in [-0.4, -0.2) is 35.5 Å². The van der Waals surface area contributed by atoms with Crippen LogP contribution in [0.1, 0.15) is 27.7 Å². The number of carbonyl (C=O) groups is 1. The number of nitrogens with zero attached hydrogens (tertiary/aromatic N) is 4. The van der Waals surface area contributed by atoms with Crippen LogP contribution >= 0.6 is 0 Å². The predicted octanol–water partition coefficient (Wildman–Crippen LogP) is 1.70. The van der Waals surface area contributed by atoms with Crippen LogP contribution in [0.15, 0.2) is 12.4 Å². The summed E-state index contributed by atoms with van der Waals surface area (Å²) in [7, 11) is 0. The lowest BCUT2D eigenvalue weighted by Crippen LogP contribution is -2.29. The minimum absolute atomic E-state index is 0.00619. The third kappa shape index (κ3) is 3.15. The summed E-state index contributed by atoms with van der Waals surface area (Å²) >= 11 is 0. The molecule has 0 fully saturated rings. The number of aromatic nitrogens is 2. The van der Waals surface area contributed by atoms with E-state index in [1.54, 1.807) is 24.2 Å². The van der Waals surface area contributed by atoms with Crippen LogP contribution in [0.5, 0.6) is 0 Å². The Hall–Kier alpha value is -1.65. The first-order valence-corrected chi connectivity index (χ1v) is 5.99. The van der Waals surface area contributed by atoms with Gasteiger partial charge in [0.1, 0.15) is 0 Å². The summed E-state index contributed by atoms with van der Waals surface area (Å²) in [5.41, 5.74) is 0.746. The molecular weight excluding hydrogens is 216 g/mol. The van der Waals surface area contributed by atoms with Gasteiger partial charge in [-0.05, 0) is 20.8 Å². The summed E-state index contributed by atoms with van der Waals surface area (Å²) in [5, 5.41) is 0. The van der Waals surface area contributed by atoms with Gasteiger partial charge in [-0.15, -0.1) is 0 Å². The zero-order valence-electron chi connectivity index (χ0n) is 11.0. The largest absolute Gasteiger partial charge is 0.341 e.